The summed E-state index contributed by atoms with van der Waals surface area (Å²) in [6.45, 7) is 6.57. The van der Waals surface area contributed by atoms with Gasteiger partial charge in [-0.05, 0) is 27.7 Å². The minimum Gasteiger partial charge on any atom is -0.451 e. The summed E-state index contributed by atoms with van der Waals surface area (Å²) in [5, 5.41) is 2.34. The van der Waals surface area contributed by atoms with E-state index in [0.717, 1.165) is 0 Å². The molecule has 0 heterocycles. The molecular formula is C11H17NO4. The van der Waals surface area contributed by atoms with Crippen LogP contribution >= 0.6 is 0 Å². The molecule has 0 radical (unpaired) electrons. The molecule has 0 saturated heterocycles. The van der Waals surface area contributed by atoms with Crippen LogP contribution in [0, 0.1) is 12.3 Å². The summed E-state index contributed by atoms with van der Waals surface area (Å²) in [5.41, 5.74) is -0.605. The molecular weight excluding hydrogens is 210 g/mol. The number of hydrogen-bond donors (Lipinski definition) is 1. The molecule has 0 fully saturated rings. The lowest BCUT2D eigenvalue weighted by Gasteiger charge is -2.21. The molecule has 0 aliphatic heterocycles. The van der Waals surface area contributed by atoms with Crippen LogP contribution in [0.25, 0.3) is 0 Å². The van der Waals surface area contributed by atoms with Crippen molar-refractivity contribution in [3.63, 3.8) is 0 Å². The Morgan fingerprint density at radius 3 is 2.44 bits per heavy atom. The molecule has 1 N–H and O–H groups in total. The maximum Gasteiger partial charge on any atom is 0.408 e. The number of terminal acetylenes is 1. The number of rotatable bonds is 3. The molecule has 0 rings (SSSR count). The number of ether oxygens (including phenoxy) is 2. The van der Waals surface area contributed by atoms with Gasteiger partial charge >= 0.3 is 12.1 Å². The van der Waals surface area contributed by atoms with Crippen molar-refractivity contribution >= 4 is 12.1 Å². The zero-order valence-electron chi connectivity index (χ0n) is 9.99. The first kappa shape index (κ1) is 14.3. The Morgan fingerprint density at radius 1 is 1.44 bits per heavy atom. The molecule has 0 saturated carbocycles. The van der Waals surface area contributed by atoms with Crippen LogP contribution in [-0.4, -0.2) is 30.3 Å². The number of amides is 1. The smallest absolute Gasteiger partial charge is 0.408 e. The van der Waals surface area contributed by atoms with Crippen molar-refractivity contribution < 1.29 is 19.1 Å². The second-order valence-corrected chi connectivity index (χ2v) is 4.18. The van der Waals surface area contributed by atoms with Gasteiger partial charge in [-0.3, -0.25) is 0 Å². The first-order valence-corrected chi connectivity index (χ1v) is 4.86. The van der Waals surface area contributed by atoms with E-state index in [1.54, 1.807) is 20.8 Å². The third kappa shape index (κ3) is 6.71. The van der Waals surface area contributed by atoms with Crippen LogP contribution in [0.5, 0.6) is 0 Å². The molecule has 0 aliphatic carbocycles. The maximum absolute atomic E-state index is 11.3. The van der Waals surface area contributed by atoms with E-state index in [9.17, 15) is 9.59 Å². The van der Waals surface area contributed by atoms with Crippen molar-refractivity contribution in [1.82, 2.24) is 5.32 Å². The van der Waals surface area contributed by atoms with E-state index in [2.05, 4.69) is 16.0 Å². The van der Waals surface area contributed by atoms with Gasteiger partial charge in [0, 0.05) is 0 Å². The van der Waals surface area contributed by atoms with Crippen molar-refractivity contribution in [2.24, 2.45) is 0 Å². The summed E-state index contributed by atoms with van der Waals surface area (Å²) < 4.78 is 9.60. The summed E-state index contributed by atoms with van der Waals surface area (Å²) >= 11 is 0. The summed E-state index contributed by atoms with van der Waals surface area (Å²) in [6, 6.07) is -0.789. The van der Waals surface area contributed by atoms with E-state index in [4.69, 9.17) is 11.2 Å². The molecule has 5 heteroatoms. The van der Waals surface area contributed by atoms with E-state index in [1.807, 2.05) is 0 Å². The molecule has 5 nitrogen and oxygen atoms in total. The lowest BCUT2D eigenvalue weighted by molar-refractivity contribution is -0.144. The largest absolute Gasteiger partial charge is 0.451 e. The number of carbonyl (C=O) groups is 2. The first-order chi connectivity index (χ1) is 7.26. The van der Waals surface area contributed by atoms with E-state index >= 15 is 0 Å². The Hall–Kier alpha value is -1.70. The highest BCUT2D eigenvalue weighted by Crippen LogP contribution is 2.06. The Kier molecular flexibility index (Phi) is 5.37. The molecule has 0 spiro atoms. The van der Waals surface area contributed by atoms with Gasteiger partial charge in [-0.1, -0.05) is 5.92 Å². The van der Waals surface area contributed by atoms with Crippen LogP contribution in [0.1, 0.15) is 27.7 Å². The second-order valence-electron chi connectivity index (χ2n) is 4.18. The normalized spacial score (nSPS) is 12.2. The fourth-order valence-corrected chi connectivity index (χ4v) is 0.781. The van der Waals surface area contributed by atoms with Crippen molar-refractivity contribution in [3.8, 4) is 12.3 Å². The zero-order chi connectivity index (χ0) is 12.8. The topological polar surface area (TPSA) is 64.6 Å². The minimum absolute atomic E-state index is 0.112. The van der Waals surface area contributed by atoms with Gasteiger partial charge in [0.05, 0.1) is 0 Å². The average molecular weight is 227 g/mol. The van der Waals surface area contributed by atoms with Crippen LogP contribution in [-0.2, 0) is 14.3 Å². The minimum atomic E-state index is -0.789. The molecule has 1 amide bonds. The van der Waals surface area contributed by atoms with Crippen molar-refractivity contribution in [1.29, 1.82) is 0 Å². The summed E-state index contributed by atoms with van der Waals surface area (Å²) in [6.07, 6.45) is 4.25. The lowest BCUT2D eigenvalue weighted by atomic mass is 10.2. The van der Waals surface area contributed by atoms with Gasteiger partial charge in [-0.25, -0.2) is 9.59 Å². The molecule has 0 unspecified atom stereocenters. The van der Waals surface area contributed by atoms with Crippen LogP contribution in [0.15, 0.2) is 0 Å². The fourth-order valence-electron chi connectivity index (χ4n) is 0.781. The highest BCUT2D eigenvalue weighted by Gasteiger charge is 2.21. The number of alkyl carbamates (subject to hydrolysis) is 1. The number of carbonyl (C=O) groups excluding carboxylic acids is 2. The van der Waals surface area contributed by atoms with Crippen molar-refractivity contribution in [2.75, 3.05) is 6.61 Å². The van der Waals surface area contributed by atoms with Gasteiger partial charge < -0.3 is 14.8 Å². The van der Waals surface area contributed by atoms with Crippen molar-refractivity contribution in [3.05, 3.63) is 0 Å². The summed E-state index contributed by atoms with van der Waals surface area (Å²) in [5.74, 6) is 1.56. The van der Waals surface area contributed by atoms with E-state index in [0.29, 0.717) is 0 Å². The van der Waals surface area contributed by atoms with E-state index < -0.39 is 23.7 Å². The SMILES string of the molecule is C#CCOC(=O)[C@H](C)NC(=O)OC(C)(C)C. The fraction of sp³-hybridized carbons (Fsp3) is 0.636. The molecule has 0 aromatic heterocycles. The summed E-state index contributed by atoms with van der Waals surface area (Å²) in [7, 11) is 0. The molecule has 0 aromatic carbocycles. The zero-order valence-corrected chi connectivity index (χ0v) is 9.99. The van der Waals surface area contributed by atoms with Gasteiger partial charge in [0.25, 0.3) is 0 Å². The number of hydrogen-bond acceptors (Lipinski definition) is 4. The standard InChI is InChI=1S/C11H17NO4/c1-6-7-15-9(13)8(2)12-10(14)16-11(3,4)5/h1,8H,7H2,2-5H3,(H,12,14)/t8-/m0/s1. The molecule has 1 atom stereocenters. The van der Waals surface area contributed by atoms with Crippen LogP contribution in [0.3, 0.4) is 0 Å². The van der Waals surface area contributed by atoms with Gasteiger partial charge in [-0.15, -0.1) is 6.42 Å². The molecule has 0 aromatic rings. The quantitative estimate of drug-likeness (QED) is 0.578. The Balaban J connectivity index is 4.05. The van der Waals surface area contributed by atoms with Crippen LogP contribution < -0.4 is 5.32 Å². The van der Waals surface area contributed by atoms with Crippen molar-refractivity contribution in [2.45, 2.75) is 39.3 Å². The predicted molar refractivity (Wildman–Crippen MR) is 58.6 cm³/mol. The van der Waals surface area contributed by atoms with Gasteiger partial charge in [0.1, 0.15) is 11.6 Å². The molecule has 90 valence electrons. The van der Waals surface area contributed by atoms with Crippen LogP contribution in [0.2, 0.25) is 0 Å². The Bertz CT molecular complexity index is 298. The van der Waals surface area contributed by atoms with Crippen LogP contribution in [0.4, 0.5) is 4.79 Å². The Morgan fingerprint density at radius 2 is 2.00 bits per heavy atom. The lowest BCUT2D eigenvalue weighted by Crippen LogP contribution is -2.42. The molecule has 0 bridgehead atoms. The first-order valence-electron chi connectivity index (χ1n) is 4.86. The second kappa shape index (κ2) is 6.01. The summed E-state index contributed by atoms with van der Waals surface area (Å²) in [4.78, 5) is 22.5. The maximum atomic E-state index is 11.3. The Labute approximate surface area is 95.5 Å². The van der Waals surface area contributed by atoms with Gasteiger partial charge in [0.15, 0.2) is 6.61 Å². The predicted octanol–water partition coefficient (Wildman–Crippen LogP) is 1.08. The average Bonchev–Trinajstić information content (AvgIpc) is 2.10. The third-order valence-electron chi connectivity index (χ3n) is 1.38. The number of esters is 1. The number of nitrogens with one attached hydrogen (secondary N) is 1. The molecule has 0 aliphatic rings. The molecule has 16 heavy (non-hydrogen) atoms. The van der Waals surface area contributed by atoms with E-state index in [1.165, 1.54) is 6.92 Å². The highest BCUT2D eigenvalue weighted by atomic mass is 16.6. The monoisotopic (exact) mass is 227 g/mol. The van der Waals surface area contributed by atoms with Gasteiger partial charge in [0.2, 0.25) is 0 Å². The third-order valence-corrected chi connectivity index (χ3v) is 1.38. The van der Waals surface area contributed by atoms with E-state index in [-0.39, 0.29) is 6.61 Å². The highest BCUT2D eigenvalue weighted by molar-refractivity contribution is 5.81. The van der Waals surface area contributed by atoms with Gasteiger partial charge in [-0.2, -0.15) is 0 Å².